The zero-order valence-electron chi connectivity index (χ0n) is 9.29. The van der Waals surface area contributed by atoms with Gasteiger partial charge >= 0.3 is 0 Å². The van der Waals surface area contributed by atoms with Crippen LogP contribution in [0.1, 0.15) is 36.0 Å². The van der Waals surface area contributed by atoms with Crippen molar-refractivity contribution in [1.29, 1.82) is 0 Å². The number of hydrogen-bond acceptors (Lipinski definition) is 3. The van der Waals surface area contributed by atoms with Crippen LogP contribution in [0.25, 0.3) is 0 Å². The highest BCUT2D eigenvalue weighted by molar-refractivity contribution is 5.99. The van der Waals surface area contributed by atoms with Crippen molar-refractivity contribution in [3.05, 3.63) is 35.4 Å². The first-order chi connectivity index (χ1) is 7.54. The van der Waals surface area contributed by atoms with Gasteiger partial charge in [-0.15, -0.1) is 0 Å². The molecule has 4 heteroatoms. The van der Waals surface area contributed by atoms with E-state index in [4.69, 9.17) is 0 Å². The van der Waals surface area contributed by atoms with Gasteiger partial charge in [0.25, 0.3) is 5.91 Å². The van der Waals surface area contributed by atoms with Crippen molar-refractivity contribution >= 4 is 5.91 Å². The summed E-state index contributed by atoms with van der Waals surface area (Å²) in [5.41, 5.74) is 1.13. The summed E-state index contributed by atoms with van der Waals surface area (Å²) < 4.78 is 0. The lowest BCUT2D eigenvalue weighted by atomic mass is 10.1. The van der Waals surface area contributed by atoms with Crippen LogP contribution in [-0.4, -0.2) is 33.2 Å². The molecule has 0 fully saturated rings. The fourth-order valence-corrected chi connectivity index (χ4v) is 1.96. The van der Waals surface area contributed by atoms with Crippen molar-refractivity contribution in [2.45, 2.75) is 32.2 Å². The molecule has 1 amide bonds. The second kappa shape index (κ2) is 3.88. The molecule has 3 atom stereocenters. The van der Waals surface area contributed by atoms with E-state index in [0.717, 1.165) is 0 Å². The van der Waals surface area contributed by atoms with E-state index >= 15 is 0 Å². The largest absolute Gasteiger partial charge is 0.391 e. The van der Waals surface area contributed by atoms with Gasteiger partial charge in [0.2, 0.25) is 0 Å². The fraction of sp³-hybridized carbons (Fsp3) is 0.417. The minimum atomic E-state index is -0.951. The van der Waals surface area contributed by atoms with E-state index in [0.29, 0.717) is 11.1 Å². The molecule has 0 radical (unpaired) electrons. The number of amides is 1. The van der Waals surface area contributed by atoms with Crippen LogP contribution in [0.2, 0.25) is 0 Å². The number of hydrogen-bond donors (Lipinski definition) is 2. The molecule has 1 heterocycles. The van der Waals surface area contributed by atoms with E-state index in [1.807, 2.05) is 0 Å². The molecular weight excluding hydrogens is 206 g/mol. The van der Waals surface area contributed by atoms with Crippen LogP contribution in [0.4, 0.5) is 0 Å². The Kier molecular flexibility index (Phi) is 2.69. The summed E-state index contributed by atoms with van der Waals surface area (Å²) in [6.07, 6.45) is -1.62. The van der Waals surface area contributed by atoms with E-state index in [1.54, 1.807) is 38.1 Å². The van der Waals surface area contributed by atoms with Crippen LogP contribution >= 0.6 is 0 Å². The normalized spacial score (nSPS) is 23.1. The van der Waals surface area contributed by atoms with Gasteiger partial charge in [0.15, 0.2) is 6.23 Å². The van der Waals surface area contributed by atoms with Gasteiger partial charge in [-0.2, -0.15) is 0 Å². The van der Waals surface area contributed by atoms with Crippen molar-refractivity contribution in [2.24, 2.45) is 0 Å². The number of carbonyl (C=O) groups is 1. The van der Waals surface area contributed by atoms with Crippen LogP contribution < -0.4 is 0 Å². The maximum atomic E-state index is 12.0. The standard InChI is InChI=1S/C12H15NO3/c1-7(8(2)14)13-11(15)9-5-3-4-6-10(9)12(13)16/h3-8,11,14-15H,1-2H3. The zero-order chi connectivity index (χ0) is 11.9. The molecule has 16 heavy (non-hydrogen) atoms. The lowest BCUT2D eigenvalue weighted by Crippen LogP contribution is -2.42. The Morgan fingerprint density at radius 1 is 1.31 bits per heavy atom. The Morgan fingerprint density at radius 2 is 1.94 bits per heavy atom. The predicted molar refractivity (Wildman–Crippen MR) is 58.7 cm³/mol. The number of nitrogens with zero attached hydrogens (tertiary/aromatic N) is 1. The van der Waals surface area contributed by atoms with Crippen molar-refractivity contribution in [1.82, 2.24) is 4.90 Å². The van der Waals surface area contributed by atoms with Gasteiger partial charge in [0, 0.05) is 11.1 Å². The second-order valence-corrected chi connectivity index (χ2v) is 4.15. The van der Waals surface area contributed by atoms with Gasteiger partial charge < -0.3 is 15.1 Å². The average molecular weight is 221 g/mol. The Balaban J connectivity index is 2.38. The average Bonchev–Trinajstić information content (AvgIpc) is 2.52. The Bertz CT molecular complexity index is 416. The minimum Gasteiger partial charge on any atom is -0.391 e. The molecule has 2 N–H and O–H groups in total. The maximum absolute atomic E-state index is 12.0. The lowest BCUT2D eigenvalue weighted by molar-refractivity contribution is -0.0279. The monoisotopic (exact) mass is 221 g/mol. The summed E-state index contributed by atoms with van der Waals surface area (Å²) >= 11 is 0. The molecule has 86 valence electrons. The minimum absolute atomic E-state index is 0.225. The summed E-state index contributed by atoms with van der Waals surface area (Å²) in [6, 6.07) is 6.56. The summed E-state index contributed by atoms with van der Waals surface area (Å²) in [7, 11) is 0. The van der Waals surface area contributed by atoms with Crippen LogP contribution in [-0.2, 0) is 0 Å². The maximum Gasteiger partial charge on any atom is 0.256 e. The third-order valence-corrected chi connectivity index (χ3v) is 3.10. The molecule has 1 aliphatic rings. The highest BCUT2D eigenvalue weighted by Crippen LogP contribution is 2.33. The smallest absolute Gasteiger partial charge is 0.256 e. The quantitative estimate of drug-likeness (QED) is 0.780. The van der Waals surface area contributed by atoms with E-state index in [9.17, 15) is 15.0 Å². The van der Waals surface area contributed by atoms with Crippen molar-refractivity contribution in [2.75, 3.05) is 0 Å². The molecule has 1 aliphatic heterocycles. The third-order valence-electron chi connectivity index (χ3n) is 3.10. The van der Waals surface area contributed by atoms with Crippen LogP contribution in [0.15, 0.2) is 24.3 Å². The molecule has 0 bridgehead atoms. The predicted octanol–water partition coefficient (Wildman–Crippen LogP) is 0.903. The first-order valence-corrected chi connectivity index (χ1v) is 5.31. The highest BCUT2D eigenvalue weighted by atomic mass is 16.3. The first-order valence-electron chi connectivity index (χ1n) is 5.31. The van der Waals surface area contributed by atoms with E-state index in [1.165, 1.54) is 4.90 Å². The van der Waals surface area contributed by atoms with Crippen LogP contribution in [0.5, 0.6) is 0 Å². The van der Waals surface area contributed by atoms with E-state index < -0.39 is 18.4 Å². The van der Waals surface area contributed by atoms with Gasteiger partial charge in [-0.3, -0.25) is 4.79 Å². The highest BCUT2D eigenvalue weighted by Gasteiger charge is 2.39. The number of benzene rings is 1. The lowest BCUT2D eigenvalue weighted by Gasteiger charge is -2.29. The number of carbonyl (C=O) groups excluding carboxylic acids is 1. The summed E-state index contributed by atoms with van der Waals surface area (Å²) in [5, 5.41) is 19.5. The molecule has 2 rings (SSSR count). The Labute approximate surface area is 94.1 Å². The van der Waals surface area contributed by atoms with Gasteiger partial charge in [-0.05, 0) is 19.9 Å². The molecule has 0 saturated carbocycles. The molecule has 0 aliphatic carbocycles. The SMILES string of the molecule is CC(O)C(C)N1C(=O)c2ccccc2C1O. The summed E-state index contributed by atoms with van der Waals surface area (Å²) in [5.74, 6) is -0.225. The van der Waals surface area contributed by atoms with Crippen molar-refractivity contribution in [3.63, 3.8) is 0 Å². The van der Waals surface area contributed by atoms with Crippen molar-refractivity contribution < 1.29 is 15.0 Å². The Morgan fingerprint density at radius 3 is 2.50 bits per heavy atom. The van der Waals surface area contributed by atoms with E-state index in [-0.39, 0.29) is 5.91 Å². The molecule has 0 aromatic heterocycles. The van der Waals surface area contributed by atoms with E-state index in [2.05, 4.69) is 0 Å². The Hall–Kier alpha value is -1.39. The number of aliphatic hydroxyl groups is 2. The van der Waals surface area contributed by atoms with Gasteiger partial charge in [-0.25, -0.2) is 0 Å². The topological polar surface area (TPSA) is 60.8 Å². The second-order valence-electron chi connectivity index (χ2n) is 4.15. The zero-order valence-corrected chi connectivity index (χ0v) is 9.29. The summed E-state index contributed by atoms with van der Waals surface area (Å²) in [6.45, 7) is 3.32. The molecule has 0 saturated heterocycles. The molecule has 4 nitrogen and oxygen atoms in total. The molecule has 0 spiro atoms. The van der Waals surface area contributed by atoms with Gasteiger partial charge in [0.1, 0.15) is 0 Å². The fourth-order valence-electron chi connectivity index (χ4n) is 1.96. The molecular formula is C12H15NO3. The van der Waals surface area contributed by atoms with Crippen LogP contribution in [0, 0.1) is 0 Å². The molecule has 1 aromatic rings. The summed E-state index contributed by atoms with van der Waals surface area (Å²) in [4.78, 5) is 13.3. The van der Waals surface area contributed by atoms with Crippen molar-refractivity contribution in [3.8, 4) is 0 Å². The van der Waals surface area contributed by atoms with Crippen LogP contribution in [0.3, 0.4) is 0 Å². The third kappa shape index (κ3) is 1.50. The van der Waals surface area contributed by atoms with Gasteiger partial charge in [0.05, 0.1) is 12.1 Å². The number of rotatable bonds is 2. The number of fused-ring (bicyclic) bond motifs is 1. The molecule has 1 aromatic carbocycles. The number of aliphatic hydroxyl groups excluding tert-OH is 2. The van der Waals surface area contributed by atoms with Gasteiger partial charge in [-0.1, -0.05) is 18.2 Å². The first kappa shape index (κ1) is 11.1. The molecule has 3 unspecified atom stereocenters.